The Morgan fingerprint density at radius 2 is 0.738 bits per heavy atom. The minimum absolute atomic E-state index is 0.416. The Morgan fingerprint density at radius 1 is 0.300 bits per heavy atom. The molecule has 4 heterocycles. The molecule has 0 saturated carbocycles. The zero-order chi connectivity index (χ0) is 53.0. The van der Waals surface area contributed by atoms with Crippen LogP contribution in [0.15, 0.2) is 255 Å². The fraction of sp³-hybridized carbons (Fsp3) is 0. The van der Waals surface area contributed by atoms with Crippen LogP contribution in [-0.2, 0) is 0 Å². The van der Waals surface area contributed by atoms with E-state index in [1.165, 1.54) is 25.6 Å². The first-order valence-electron chi connectivity index (χ1n) is 26.8. The second-order valence-corrected chi connectivity index (χ2v) is 22.5. The molecule has 4 aromatic heterocycles. The number of aromatic nitrogens is 2. The molecule has 4 nitrogen and oxygen atoms in total. The lowest BCUT2D eigenvalue weighted by Gasteiger charge is -2.25. The Hall–Kier alpha value is -10.3. The van der Waals surface area contributed by atoms with E-state index in [4.69, 9.17) is 0 Å². The lowest BCUT2D eigenvalue weighted by molar-refractivity contribution is 1.13. The van der Waals surface area contributed by atoms with E-state index >= 15 is 0 Å². The molecule has 0 unspecified atom stereocenters. The van der Waals surface area contributed by atoms with Crippen molar-refractivity contribution in [2.45, 2.75) is 0 Å². The zero-order valence-corrected chi connectivity index (χ0v) is 44.5. The van der Waals surface area contributed by atoms with Gasteiger partial charge in [-0.3, -0.25) is 0 Å². The van der Waals surface area contributed by atoms with E-state index in [1.807, 2.05) is 36.4 Å². The number of rotatable bonds is 7. The maximum atomic E-state index is 12.4. The number of hydrogen-bond donors (Lipinski definition) is 0. The molecule has 0 aliphatic rings. The molecule has 12 aromatic carbocycles. The van der Waals surface area contributed by atoms with Crippen molar-refractivity contribution in [3.63, 3.8) is 0 Å². The smallest absolute Gasteiger partial charge is 0.102 e. The Balaban J connectivity index is 1.17. The average Bonchev–Trinajstić information content (AvgIpc) is 4.48. The van der Waals surface area contributed by atoms with Crippen LogP contribution in [0.2, 0.25) is 0 Å². The van der Waals surface area contributed by atoms with Crippen LogP contribution in [0.5, 0.6) is 0 Å². The van der Waals surface area contributed by atoms with Gasteiger partial charge in [0.05, 0.1) is 54.0 Å². The Morgan fingerprint density at radius 3 is 1.30 bits per heavy atom. The summed E-state index contributed by atoms with van der Waals surface area (Å²) in [6, 6.07) is 96.0. The first-order valence-corrected chi connectivity index (χ1v) is 28.4. The number of fused-ring (bicyclic) bond motifs is 14. The molecule has 16 rings (SSSR count). The Kier molecular flexibility index (Phi) is 10.4. The summed E-state index contributed by atoms with van der Waals surface area (Å²) >= 11 is 3.60. The van der Waals surface area contributed by atoms with Gasteiger partial charge in [-0.05, 0) is 87.0 Å². The van der Waals surface area contributed by atoms with Gasteiger partial charge in [-0.25, -0.2) is 0 Å². The van der Waals surface area contributed by atoms with Crippen molar-refractivity contribution < 1.29 is 0 Å². The first-order chi connectivity index (χ1) is 39.6. The summed E-state index contributed by atoms with van der Waals surface area (Å²) in [5.74, 6) is 0. The molecule has 0 aliphatic heterocycles. The van der Waals surface area contributed by atoms with Crippen molar-refractivity contribution in [2.24, 2.45) is 0 Å². The fourth-order valence-electron chi connectivity index (χ4n) is 12.8. The number of nitrogens with zero attached hydrogens (tertiary/aromatic N) is 4. The van der Waals surface area contributed by atoms with Crippen LogP contribution in [-0.4, -0.2) is 9.13 Å². The highest BCUT2D eigenvalue weighted by Gasteiger charge is 2.34. The molecule has 0 fully saturated rings. The predicted molar refractivity (Wildman–Crippen MR) is 338 cm³/mol. The molecule has 0 saturated heterocycles. The van der Waals surface area contributed by atoms with Gasteiger partial charge in [-0.1, -0.05) is 212 Å². The van der Waals surface area contributed by atoms with Crippen LogP contribution in [0.1, 0.15) is 11.1 Å². The maximum Gasteiger partial charge on any atom is 0.102 e. The van der Waals surface area contributed by atoms with Gasteiger partial charge in [0.25, 0.3) is 0 Å². The summed E-state index contributed by atoms with van der Waals surface area (Å²) in [5.41, 5.74) is 16.0. The van der Waals surface area contributed by atoms with E-state index in [0.29, 0.717) is 22.4 Å². The monoisotopic (exact) mass is 1050 g/mol. The third kappa shape index (κ3) is 6.77. The summed E-state index contributed by atoms with van der Waals surface area (Å²) in [6.45, 7) is 0. The lowest BCUT2D eigenvalue weighted by Crippen LogP contribution is -2.11. The molecule has 0 spiro atoms. The largest absolute Gasteiger partial charge is 0.307 e. The molecule has 0 amide bonds. The summed E-state index contributed by atoms with van der Waals surface area (Å²) in [5, 5.41) is 33.6. The average molecular weight is 1050 g/mol. The van der Waals surface area contributed by atoms with Gasteiger partial charge < -0.3 is 9.13 Å². The molecule has 16 aromatic rings. The molecule has 6 heteroatoms. The van der Waals surface area contributed by atoms with Gasteiger partial charge in [-0.15, -0.1) is 22.7 Å². The molecule has 0 bridgehead atoms. The van der Waals surface area contributed by atoms with Crippen molar-refractivity contribution in [3.05, 3.63) is 266 Å². The van der Waals surface area contributed by atoms with Crippen LogP contribution >= 0.6 is 22.7 Å². The van der Waals surface area contributed by atoms with E-state index in [-0.39, 0.29) is 0 Å². The van der Waals surface area contributed by atoms with E-state index in [9.17, 15) is 10.5 Å². The number of benzene rings is 12. The number of nitriles is 2. The molecule has 0 atom stereocenters. The van der Waals surface area contributed by atoms with Crippen LogP contribution in [0.25, 0.3) is 151 Å². The summed E-state index contributed by atoms with van der Waals surface area (Å²) in [6.07, 6.45) is 0. The van der Waals surface area contributed by atoms with Crippen LogP contribution in [0, 0.1) is 22.7 Å². The molecular weight excluding hydrogens is 1010 g/mol. The predicted octanol–water partition coefficient (Wildman–Crippen LogP) is 20.7. The lowest BCUT2D eigenvalue weighted by atomic mass is 9.86. The third-order valence-corrected chi connectivity index (χ3v) is 18.6. The molecule has 80 heavy (non-hydrogen) atoms. The van der Waals surface area contributed by atoms with Crippen molar-refractivity contribution in [1.29, 1.82) is 10.5 Å². The standard InChI is InChI=1S/C74H42N4S2/c75-43-60-66(48-26-12-4-13-27-48)61(44-76)70(67(49-28-14-5-15-29-49)69(60)77-62-38-34-50(45-20-6-1-7-21-45)40-57(62)58-41-51(35-39-63(58)77)46-22-8-2-9-23-46)78-71-53(36-37-54-52-30-16-18-32-64(52)79-73(54)71)59-42-56(47-24-10-3-11-25-47)68-55-31-17-19-33-65(55)80-74(68)72(59)78/h1-42H. The van der Waals surface area contributed by atoms with E-state index < -0.39 is 0 Å². The van der Waals surface area contributed by atoms with Crippen molar-refractivity contribution in [1.82, 2.24) is 9.13 Å². The van der Waals surface area contributed by atoms with Crippen molar-refractivity contribution in [3.8, 4) is 79.1 Å². The summed E-state index contributed by atoms with van der Waals surface area (Å²) in [7, 11) is 0. The van der Waals surface area contributed by atoms with Gasteiger partial charge >= 0.3 is 0 Å². The van der Waals surface area contributed by atoms with E-state index in [1.54, 1.807) is 22.7 Å². The second kappa shape index (κ2) is 18.1. The molecule has 370 valence electrons. The topological polar surface area (TPSA) is 57.4 Å². The quantitative estimate of drug-likeness (QED) is 0.160. The zero-order valence-electron chi connectivity index (χ0n) is 42.9. The third-order valence-electron chi connectivity index (χ3n) is 16.2. The number of thiophene rings is 2. The molecule has 0 aliphatic carbocycles. The number of hydrogen-bond acceptors (Lipinski definition) is 4. The SMILES string of the molecule is N#Cc1c(-c2ccccc2)c(C#N)c(-n2c3c(ccc4c5ccccc5sc43)c3cc(-c4ccccc4)c4c5ccccc5sc4c32)c(-c2ccccc2)c1-n1c2ccc(-c3ccccc3)cc2c2cc(-c3ccccc3)ccc21. The first kappa shape index (κ1) is 45.8. The van der Waals surface area contributed by atoms with Gasteiger partial charge in [0.1, 0.15) is 12.1 Å². The van der Waals surface area contributed by atoms with Crippen molar-refractivity contribution >= 4 is 107 Å². The Bertz CT molecular complexity index is 5190. The Labute approximate surface area is 468 Å². The van der Waals surface area contributed by atoms with E-state index in [2.05, 4.69) is 240 Å². The van der Waals surface area contributed by atoms with Gasteiger partial charge in [0, 0.05) is 63.6 Å². The maximum absolute atomic E-state index is 12.4. The van der Waals surface area contributed by atoms with Crippen LogP contribution in [0.4, 0.5) is 0 Å². The minimum Gasteiger partial charge on any atom is -0.307 e. The van der Waals surface area contributed by atoms with Gasteiger partial charge in [0.15, 0.2) is 0 Å². The molecular formula is C74H42N4S2. The van der Waals surface area contributed by atoms with Gasteiger partial charge in [0.2, 0.25) is 0 Å². The molecule has 0 N–H and O–H groups in total. The summed E-state index contributed by atoms with van der Waals surface area (Å²) in [4.78, 5) is 0. The normalized spacial score (nSPS) is 11.7. The molecule has 0 radical (unpaired) electrons. The van der Waals surface area contributed by atoms with E-state index in [0.717, 1.165) is 114 Å². The van der Waals surface area contributed by atoms with Crippen molar-refractivity contribution in [2.75, 3.05) is 0 Å². The highest BCUT2D eigenvalue weighted by molar-refractivity contribution is 7.27. The summed E-state index contributed by atoms with van der Waals surface area (Å²) < 4.78 is 9.42. The minimum atomic E-state index is 0.416. The second-order valence-electron chi connectivity index (χ2n) is 20.4. The van der Waals surface area contributed by atoms with Crippen LogP contribution < -0.4 is 0 Å². The van der Waals surface area contributed by atoms with Gasteiger partial charge in [-0.2, -0.15) is 10.5 Å². The highest BCUT2D eigenvalue weighted by Crippen LogP contribution is 2.54. The highest BCUT2D eigenvalue weighted by atomic mass is 32.1. The fourth-order valence-corrected chi connectivity index (χ4v) is 15.3. The van der Waals surface area contributed by atoms with Crippen LogP contribution in [0.3, 0.4) is 0 Å².